The van der Waals surface area contributed by atoms with E-state index in [1.807, 2.05) is 4.90 Å². The molecule has 9 heteroatoms. The maximum Gasteiger partial charge on any atom is 0.326 e. The Labute approximate surface area is 179 Å². The molecule has 8 nitrogen and oxygen atoms in total. The summed E-state index contributed by atoms with van der Waals surface area (Å²) in [6.45, 7) is 7.22. The van der Waals surface area contributed by atoms with E-state index in [4.69, 9.17) is 0 Å². The summed E-state index contributed by atoms with van der Waals surface area (Å²) in [6, 6.07) is 2.54. The van der Waals surface area contributed by atoms with E-state index in [1.54, 1.807) is 4.57 Å². The molecule has 31 heavy (non-hydrogen) atoms. The van der Waals surface area contributed by atoms with Crippen molar-refractivity contribution in [1.82, 2.24) is 24.7 Å². The van der Waals surface area contributed by atoms with Gasteiger partial charge < -0.3 is 15.2 Å². The SMILES string of the molecule is C=C1CCN(C(=O)CN2CCC(n3c(=O)[nH]c4cc(C(=O)NC)c(F)cc43)CC2)CC1. The number of amides is 2. The molecule has 3 heterocycles. The fraction of sp³-hybridized carbons (Fsp3) is 0.500. The first-order chi connectivity index (χ1) is 14.9. The quantitative estimate of drug-likeness (QED) is 0.723. The van der Waals surface area contributed by atoms with Crippen molar-refractivity contribution in [2.24, 2.45) is 0 Å². The van der Waals surface area contributed by atoms with Crippen LogP contribution < -0.4 is 11.0 Å². The molecule has 0 aliphatic carbocycles. The van der Waals surface area contributed by atoms with Crippen LogP contribution in [0.4, 0.5) is 4.39 Å². The first kappa shape index (κ1) is 21.3. The number of benzene rings is 1. The Morgan fingerprint density at radius 1 is 1.19 bits per heavy atom. The number of likely N-dealkylation sites (tertiary alicyclic amines) is 2. The van der Waals surface area contributed by atoms with Gasteiger partial charge >= 0.3 is 5.69 Å². The van der Waals surface area contributed by atoms with Crippen molar-refractivity contribution in [2.45, 2.75) is 31.7 Å². The Kier molecular flexibility index (Phi) is 5.95. The van der Waals surface area contributed by atoms with E-state index in [9.17, 15) is 18.8 Å². The lowest BCUT2D eigenvalue weighted by atomic mass is 10.0. The van der Waals surface area contributed by atoms with Gasteiger partial charge in [-0.05, 0) is 31.7 Å². The number of rotatable bonds is 4. The first-order valence-electron chi connectivity index (χ1n) is 10.7. The number of hydrogen-bond donors (Lipinski definition) is 2. The molecule has 2 aromatic rings. The molecule has 0 bridgehead atoms. The molecule has 1 aromatic heterocycles. The van der Waals surface area contributed by atoms with Crippen LogP contribution in [0.1, 0.15) is 42.1 Å². The summed E-state index contributed by atoms with van der Waals surface area (Å²) in [5.74, 6) is -1.06. The average molecular weight is 429 g/mol. The lowest BCUT2D eigenvalue weighted by Crippen LogP contribution is -2.45. The third-order valence-corrected chi connectivity index (χ3v) is 6.38. The smallest absolute Gasteiger partial charge is 0.326 e. The van der Waals surface area contributed by atoms with Gasteiger partial charge in [-0.1, -0.05) is 12.2 Å². The number of nitrogens with one attached hydrogen (secondary N) is 2. The summed E-state index contributed by atoms with van der Waals surface area (Å²) in [7, 11) is 1.43. The van der Waals surface area contributed by atoms with Crippen molar-refractivity contribution in [1.29, 1.82) is 0 Å². The van der Waals surface area contributed by atoms with Gasteiger partial charge in [0, 0.05) is 45.3 Å². The number of carbonyl (C=O) groups excluding carboxylic acids is 2. The Morgan fingerprint density at radius 2 is 1.87 bits per heavy atom. The molecule has 1 aromatic carbocycles. The van der Waals surface area contributed by atoms with Crippen LogP contribution in [0, 0.1) is 5.82 Å². The van der Waals surface area contributed by atoms with Gasteiger partial charge in [0.2, 0.25) is 5.91 Å². The number of aromatic nitrogens is 2. The monoisotopic (exact) mass is 429 g/mol. The molecular formula is C22H28FN5O3. The standard InChI is InChI=1S/C22H28FN5O3/c1-14-3-9-27(10-4-14)20(29)13-26-7-5-15(6-8-26)28-19-12-17(23)16(21(30)24-2)11-18(19)25-22(28)31/h11-12,15H,1,3-10,13H2,2H3,(H,24,30)(H,25,31). The van der Waals surface area contributed by atoms with E-state index >= 15 is 0 Å². The molecule has 2 amide bonds. The van der Waals surface area contributed by atoms with Gasteiger partial charge in [-0.3, -0.25) is 19.1 Å². The highest BCUT2D eigenvalue weighted by Crippen LogP contribution is 2.26. The second-order valence-corrected chi connectivity index (χ2v) is 8.37. The van der Waals surface area contributed by atoms with Crippen LogP contribution in [-0.2, 0) is 4.79 Å². The molecule has 2 N–H and O–H groups in total. The van der Waals surface area contributed by atoms with E-state index in [0.29, 0.717) is 43.5 Å². The summed E-state index contributed by atoms with van der Waals surface area (Å²) in [5, 5.41) is 2.40. The molecular weight excluding hydrogens is 401 g/mol. The van der Waals surface area contributed by atoms with Gasteiger partial charge in [0.1, 0.15) is 5.82 Å². The molecule has 2 saturated heterocycles. The van der Waals surface area contributed by atoms with E-state index in [1.165, 1.54) is 24.8 Å². The summed E-state index contributed by atoms with van der Waals surface area (Å²) in [5.41, 5.74) is 1.69. The molecule has 166 valence electrons. The Balaban J connectivity index is 1.44. The maximum atomic E-state index is 14.5. The predicted molar refractivity (Wildman–Crippen MR) is 116 cm³/mol. The van der Waals surface area contributed by atoms with Crippen LogP contribution >= 0.6 is 0 Å². The second kappa shape index (κ2) is 8.66. The van der Waals surface area contributed by atoms with Crippen LogP contribution in [0.2, 0.25) is 0 Å². The van der Waals surface area contributed by atoms with Crippen molar-refractivity contribution in [3.8, 4) is 0 Å². The number of H-pyrrole nitrogens is 1. The van der Waals surface area contributed by atoms with Crippen LogP contribution in [0.25, 0.3) is 11.0 Å². The zero-order chi connectivity index (χ0) is 22.1. The Morgan fingerprint density at radius 3 is 2.52 bits per heavy atom. The fourth-order valence-corrected chi connectivity index (χ4v) is 4.52. The van der Waals surface area contributed by atoms with Gasteiger partial charge in [-0.25, -0.2) is 9.18 Å². The van der Waals surface area contributed by atoms with Gasteiger partial charge in [0.25, 0.3) is 5.91 Å². The minimum Gasteiger partial charge on any atom is -0.355 e. The van der Waals surface area contributed by atoms with Gasteiger partial charge in [0.05, 0.1) is 23.1 Å². The summed E-state index contributed by atoms with van der Waals surface area (Å²) < 4.78 is 16.1. The van der Waals surface area contributed by atoms with Gasteiger partial charge in [-0.2, -0.15) is 0 Å². The van der Waals surface area contributed by atoms with Crippen LogP contribution in [-0.4, -0.2) is 70.9 Å². The molecule has 0 saturated carbocycles. The molecule has 0 spiro atoms. The van der Waals surface area contributed by atoms with E-state index < -0.39 is 11.7 Å². The highest BCUT2D eigenvalue weighted by atomic mass is 19.1. The summed E-state index contributed by atoms with van der Waals surface area (Å²) in [6.07, 6.45) is 3.12. The third kappa shape index (κ3) is 4.27. The Bertz CT molecular complexity index is 1070. The molecule has 2 aliphatic heterocycles. The van der Waals surface area contributed by atoms with Gasteiger partial charge in [0.15, 0.2) is 0 Å². The molecule has 4 rings (SSSR count). The fourth-order valence-electron chi connectivity index (χ4n) is 4.52. The summed E-state index contributed by atoms with van der Waals surface area (Å²) >= 11 is 0. The number of piperidine rings is 2. The first-order valence-corrected chi connectivity index (χ1v) is 10.7. The molecule has 2 aliphatic rings. The van der Waals surface area contributed by atoms with E-state index in [0.717, 1.165) is 25.9 Å². The topological polar surface area (TPSA) is 90.4 Å². The number of halogens is 1. The average Bonchev–Trinajstić information content (AvgIpc) is 3.08. The number of nitrogens with zero attached hydrogens (tertiary/aromatic N) is 3. The van der Waals surface area contributed by atoms with Crippen molar-refractivity contribution < 1.29 is 14.0 Å². The normalized spacial score (nSPS) is 18.5. The largest absolute Gasteiger partial charge is 0.355 e. The number of hydrogen-bond acceptors (Lipinski definition) is 4. The highest BCUT2D eigenvalue weighted by molar-refractivity contribution is 5.97. The van der Waals surface area contributed by atoms with E-state index in [2.05, 4.69) is 21.8 Å². The van der Waals surface area contributed by atoms with Crippen LogP contribution in [0.5, 0.6) is 0 Å². The van der Waals surface area contributed by atoms with E-state index in [-0.39, 0.29) is 23.2 Å². The van der Waals surface area contributed by atoms with Crippen molar-refractivity contribution in [3.63, 3.8) is 0 Å². The highest BCUT2D eigenvalue weighted by Gasteiger charge is 2.27. The molecule has 0 unspecified atom stereocenters. The second-order valence-electron chi connectivity index (χ2n) is 8.37. The number of imidazole rings is 1. The molecule has 0 radical (unpaired) electrons. The van der Waals surface area contributed by atoms with Crippen molar-refractivity contribution in [2.75, 3.05) is 39.8 Å². The number of aromatic amines is 1. The van der Waals surface area contributed by atoms with Crippen LogP contribution in [0.3, 0.4) is 0 Å². The zero-order valence-electron chi connectivity index (χ0n) is 17.7. The minimum absolute atomic E-state index is 0.0869. The lowest BCUT2D eigenvalue weighted by molar-refractivity contribution is -0.133. The van der Waals surface area contributed by atoms with Gasteiger partial charge in [-0.15, -0.1) is 0 Å². The maximum absolute atomic E-state index is 14.5. The third-order valence-electron chi connectivity index (χ3n) is 6.38. The molecule has 0 atom stereocenters. The van der Waals surface area contributed by atoms with Crippen LogP contribution in [0.15, 0.2) is 29.1 Å². The lowest BCUT2D eigenvalue weighted by Gasteiger charge is -2.34. The number of carbonyl (C=O) groups is 2. The predicted octanol–water partition coefficient (Wildman–Crippen LogP) is 1.64. The zero-order valence-corrected chi connectivity index (χ0v) is 17.7. The molecule has 2 fully saturated rings. The van der Waals surface area contributed by atoms with Crippen molar-refractivity contribution >= 4 is 22.8 Å². The Hall–Kier alpha value is -2.94. The van der Waals surface area contributed by atoms with Crippen molar-refractivity contribution in [3.05, 3.63) is 46.1 Å². The minimum atomic E-state index is -0.660. The summed E-state index contributed by atoms with van der Waals surface area (Å²) in [4.78, 5) is 43.8. The number of fused-ring (bicyclic) bond motifs is 1.